The Hall–Kier alpha value is -1.50. The number of benzene rings is 2. The molecule has 0 aliphatic carbocycles. The quantitative estimate of drug-likeness (QED) is 0.696. The van der Waals surface area contributed by atoms with E-state index in [9.17, 15) is 0 Å². The summed E-state index contributed by atoms with van der Waals surface area (Å²) in [4.78, 5) is 0. The molecule has 2 aromatic rings. The average molecular weight is 185 g/mol. The number of methoxy groups -OCH3 is 1. The van der Waals surface area contributed by atoms with Crippen molar-refractivity contribution in [3.05, 3.63) is 48.4 Å². The zero-order chi connectivity index (χ0) is 9.97. The Balaban J connectivity index is 2.57. The summed E-state index contributed by atoms with van der Waals surface area (Å²) in [6, 6.07) is 12.5. The van der Waals surface area contributed by atoms with E-state index in [1.54, 1.807) is 7.11 Å². The fourth-order valence-corrected chi connectivity index (χ4v) is 1.55. The molecule has 0 aliphatic heterocycles. The first-order chi connectivity index (χ1) is 6.83. The second kappa shape index (κ2) is 3.70. The number of hydrogen-bond donors (Lipinski definition) is 0. The summed E-state index contributed by atoms with van der Waals surface area (Å²) in [5.74, 6) is 0.908. The first-order valence-electron chi connectivity index (χ1n) is 4.70. The highest BCUT2D eigenvalue weighted by Gasteiger charge is 1.97. The topological polar surface area (TPSA) is 9.23 Å². The normalized spacial score (nSPS) is 10.4. The first-order valence-corrected chi connectivity index (χ1v) is 4.70. The average Bonchev–Trinajstić information content (AvgIpc) is 2.27. The molecular formula is C13H13O. The largest absolute Gasteiger partial charge is 0.497 e. The Morgan fingerprint density at radius 2 is 1.71 bits per heavy atom. The summed E-state index contributed by atoms with van der Waals surface area (Å²) in [6.45, 7) is 2.05. The van der Waals surface area contributed by atoms with Gasteiger partial charge in [0.05, 0.1) is 7.11 Å². The zero-order valence-corrected chi connectivity index (χ0v) is 8.45. The number of ether oxygens (including phenoxy) is 1. The van der Waals surface area contributed by atoms with E-state index in [0.717, 1.165) is 5.75 Å². The van der Waals surface area contributed by atoms with Crippen molar-refractivity contribution in [1.82, 2.24) is 0 Å². The summed E-state index contributed by atoms with van der Waals surface area (Å²) >= 11 is 0. The lowest BCUT2D eigenvalue weighted by Crippen LogP contribution is -1.83. The van der Waals surface area contributed by atoms with Crippen molar-refractivity contribution >= 4 is 10.8 Å². The van der Waals surface area contributed by atoms with Crippen molar-refractivity contribution in [2.24, 2.45) is 0 Å². The molecular weight excluding hydrogens is 172 g/mol. The third-order valence-electron chi connectivity index (χ3n) is 2.40. The Morgan fingerprint density at radius 1 is 1.00 bits per heavy atom. The maximum atomic E-state index is 5.17. The smallest absolute Gasteiger partial charge is 0.119 e. The Bertz CT molecular complexity index is 403. The molecule has 1 radical (unpaired) electrons. The molecule has 2 aromatic carbocycles. The molecule has 0 saturated heterocycles. The Labute approximate surface area is 84.3 Å². The summed E-state index contributed by atoms with van der Waals surface area (Å²) in [7, 11) is 1.69. The fraction of sp³-hybridized carbons (Fsp3) is 0.154. The van der Waals surface area contributed by atoms with Crippen LogP contribution in [0.2, 0.25) is 0 Å². The molecule has 2 rings (SSSR count). The molecule has 0 fully saturated rings. The van der Waals surface area contributed by atoms with Crippen molar-refractivity contribution < 1.29 is 4.74 Å². The predicted molar refractivity (Wildman–Crippen MR) is 59.6 cm³/mol. The monoisotopic (exact) mass is 185 g/mol. The van der Waals surface area contributed by atoms with E-state index < -0.39 is 0 Å². The maximum Gasteiger partial charge on any atom is 0.119 e. The van der Waals surface area contributed by atoms with E-state index in [-0.39, 0.29) is 0 Å². The lowest BCUT2D eigenvalue weighted by atomic mass is 10.1. The van der Waals surface area contributed by atoms with Crippen LogP contribution >= 0.6 is 0 Å². The second-order valence-corrected chi connectivity index (χ2v) is 3.26. The van der Waals surface area contributed by atoms with Crippen molar-refractivity contribution in [2.75, 3.05) is 7.11 Å². The van der Waals surface area contributed by atoms with E-state index >= 15 is 0 Å². The summed E-state index contributed by atoms with van der Waals surface area (Å²) in [6.07, 6.45) is 2.10. The molecule has 1 heteroatoms. The Kier molecular flexibility index (Phi) is 2.40. The van der Waals surface area contributed by atoms with E-state index in [2.05, 4.69) is 36.8 Å². The standard InChI is InChI=1S/C13H13O/c1-3-10-4-5-12-9-13(14-2)7-6-11(12)8-10/h3-9H,1-2H3. The van der Waals surface area contributed by atoms with Crippen LogP contribution in [0.3, 0.4) is 0 Å². The van der Waals surface area contributed by atoms with Crippen LogP contribution in [0.25, 0.3) is 10.8 Å². The fourth-order valence-electron chi connectivity index (χ4n) is 1.55. The molecule has 0 heterocycles. The predicted octanol–water partition coefficient (Wildman–Crippen LogP) is 3.42. The van der Waals surface area contributed by atoms with Gasteiger partial charge >= 0.3 is 0 Å². The molecule has 14 heavy (non-hydrogen) atoms. The molecule has 0 aliphatic rings. The molecule has 0 unspecified atom stereocenters. The van der Waals surface area contributed by atoms with Gasteiger partial charge in [-0.1, -0.05) is 31.2 Å². The molecule has 0 aromatic heterocycles. The first kappa shape index (κ1) is 9.07. The SMILES string of the molecule is C[CH]c1ccc2cc(OC)ccc2c1. The van der Waals surface area contributed by atoms with Gasteiger partial charge in [-0.25, -0.2) is 0 Å². The highest BCUT2D eigenvalue weighted by Crippen LogP contribution is 2.22. The third-order valence-corrected chi connectivity index (χ3v) is 2.40. The van der Waals surface area contributed by atoms with Crippen LogP contribution in [0.5, 0.6) is 5.75 Å². The Morgan fingerprint density at radius 3 is 2.43 bits per heavy atom. The molecule has 0 amide bonds. The van der Waals surface area contributed by atoms with E-state index in [4.69, 9.17) is 4.74 Å². The van der Waals surface area contributed by atoms with Gasteiger partial charge in [0.15, 0.2) is 0 Å². The molecule has 1 nitrogen and oxygen atoms in total. The lowest BCUT2D eigenvalue weighted by Gasteiger charge is -2.03. The summed E-state index contributed by atoms with van der Waals surface area (Å²) in [5, 5.41) is 2.47. The minimum absolute atomic E-state index is 0.908. The summed E-state index contributed by atoms with van der Waals surface area (Å²) < 4.78 is 5.17. The van der Waals surface area contributed by atoms with E-state index in [1.165, 1.54) is 16.3 Å². The third kappa shape index (κ3) is 1.58. The molecule has 0 bridgehead atoms. The van der Waals surface area contributed by atoms with Crippen LogP contribution in [-0.4, -0.2) is 7.11 Å². The highest BCUT2D eigenvalue weighted by atomic mass is 16.5. The molecule has 71 valence electrons. The number of rotatable bonds is 2. The van der Waals surface area contributed by atoms with Crippen molar-refractivity contribution in [2.45, 2.75) is 6.92 Å². The second-order valence-electron chi connectivity index (χ2n) is 3.26. The van der Waals surface area contributed by atoms with Crippen LogP contribution < -0.4 is 4.74 Å². The highest BCUT2D eigenvalue weighted by molar-refractivity contribution is 5.84. The maximum absolute atomic E-state index is 5.17. The van der Waals surface area contributed by atoms with Crippen LogP contribution in [0.15, 0.2) is 36.4 Å². The van der Waals surface area contributed by atoms with Gasteiger partial charge in [0, 0.05) is 0 Å². The van der Waals surface area contributed by atoms with Gasteiger partial charge in [0.25, 0.3) is 0 Å². The molecule has 0 N–H and O–H groups in total. The molecule has 0 atom stereocenters. The molecule has 0 spiro atoms. The van der Waals surface area contributed by atoms with Gasteiger partial charge in [0.1, 0.15) is 5.75 Å². The van der Waals surface area contributed by atoms with Crippen LogP contribution in [0, 0.1) is 6.42 Å². The van der Waals surface area contributed by atoms with Crippen LogP contribution in [0.4, 0.5) is 0 Å². The van der Waals surface area contributed by atoms with Gasteiger partial charge < -0.3 is 4.74 Å². The minimum Gasteiger partial charge on any atom is -0.497 e. The van der Waals surface area contributed by atoms with Gasteiger partial charge in [-0.2, -0.15) is 0 Å². The number of hydrogen-bond acceptors (Lipinski definition) is 1. The van der Waals surface area contributed by atoms with E-state index in [0.29, 0.717) is 0 Å². The van der Waals surface area contributed by atoms with Gasteiger partial charge in [-0.15, -0.1) is 0 Å². The van der Waals surface area contributed by atoms with Crippen molar-refractivity contribution in [3.8, 4) is 5.75 Å². The summed E-state index contributed by atoms with van der Waals surface area (Å²) in [5.41, 5.74) is 1.25. The van der Waals surface area contributed by atoms with Crippen molar-refractivity contribution in [3.63, 3.8) is 0 Å². The lowest BCUT2D eigenvalue weighted by molar-refractivity contribution is 0.415. The van der Waals surface area contributed by atoms with Gasteiger partial charge in [-0.05, 0) is 34.9 Å². The van der Waals surface area contributed by atoms with Crippen LogP contribution in [0.1, 0.15) is 12.5 Å². The zero-order valence-electron chi connectivity index (χ0n) is 8.45. The van der Waals surface area contributed by atoms with Gasteiger partial charge in [-0.3, -0.25) is 0 Å². The van der Waals surface area contributed by atoms with Crippen LogP contribution in [-0.2, 0) is 0 Å². The van der Waals surface area contributed by atoms with Crippen molar-refractivity contribution in [1.29, 1.82) is 0 Å². The number of fused-ring (bicyclic) bond motifs is 1. The minimum atomic E-state index is 0.908. The molecule has 0 saturated carbocycles. The van der Waals surface area contributed by atoms with E-state index in [1.807, 2.05) is 13.0 Å². The van der Waals surface area contributed by atoms with Gasteiger partial charge in [0.2, 0.25) is 0 Å².